The molecule has 0 aliphatic carbocycles. The predicted octanol–water partition coefficient (Wildman–Crippen LogP) is 4.27. The lowest BCUT2D eigenvalue weighted by Crippen LogP contribution is -2.43. The molecule has 1 aliphatic heterocycles. The van der Waals surface area contributed by atoms with Crippen molar-refractivity contribution in [3.63, 3.8) is 0 Å². The molecule has 0 amide bonds. The Labute approximate surface area is 167 Å². The van der Waals surface area contributed by atoms with Crippen LogP contribution in [0.4, 0.5) is 0 Å². The van der Waals surface area contributed by atoms with Crippen molar-refractivity contribution >= 4 is 17.3 Å². The molecule has 0 bridgehead atoms. The monoisotopic (exact) mass is 385 g/mol. The number of aliphatic imine (C=N–C) groups is 1. The number of guanidine groups is 1. The van der Waals surface area contributed by atoms with E-state index in [2.05, 4.69) is 71.0 Å². The number of benzene rings is 1. The highest BCUT2D eigenvalue weighted by atomic mass is 32.1. The average Bonchev–Trinajstić information content (AvgIpc) is 3.21. The Morgan fingerprint density at radius 3 is 2.81 bits per heavy atom. The van der Waals surface area contributed by atoms with Crippen molar-refractivity contribution in [3.05, 3.63) is 57.8 Å². The minimum Gasteiger partial charge on any atom is -0.373 e. The molecule has 146 valence electrons. The molecule has 4 nitrogen and oxygen atoms in total. The molecule has 5 heteroatoms. The van der Waals surface area contributed by atoms with Gasteiger partial charge in [0.05, 0.1) is 6.10 Å². The van der Waals surface area contributed by atoms with Crippen molar-refractivity contribution in [2.75, 3.05) is 33.8 Å². The molecule has 1 aromatic carbocycles. The first-order valence-corrected chi connectivity index (χ1v) is 10.7. The molecule has 1 aliphatic rings. The third-order valence-electron chi connectivity index (χ3n) is 5.22. The molecular weight excluding hydrogens is 354 g/mol. The average molecular weight is 386 g/mol. The molecular formula is C22H31N3OS. The summed E-state index contributed by atoms with van der Waals surface area (Å²) in [6, 6.07) is 13.1. The summed E-state index contributed by atoms with van der Waals surface area (Å²) >= 11 is 1.82. The number of hydrogen-bond donors (Lipinski definition) is 1. The number of thiophene rings is 1. The second-order valence-corrected chi connectivity index (χ2v) is 8.32. The first kappa shape index (κ1) is 19.9. The highest BCUT2D eigenvalue weighted by Crippen LogP contribution is 2.33. The third-order valence-corrected chi connectivity index (χ3v) is 6.16. The molecule has 0 radical (unpaired) electrons. The number of rotatable bonds is 6. The van der Waals surface area contributed by atoms with E-state index in [1.807, 2.05) is 18.4 Å². The van der Waals surface area contributed by atoms with Gasteiger partial charge in [0.2, 0.25) is 0 Å². The van der Waals surface area contributed by atoms with Gasteiger partial charge in [-0.2, -0.15) is 0 Å². The second-order valence-electron chi connectivity index (χ2n) is 7.28. The third kappa shape index (κ3) is 5.56. The maximum atomic E-state index is 6.15. The topological polar surface area (TPSA) is 36.9 Å². The van der Waals surface area contributed by atoms with Crippen molar-refractivity contribution in [1.82, 2.24) is 10.2 Å². The van der Waals surface area contributed by atoms with Crippen molar-refractivity contribution in [3.8, 4) is 0 Å². The van der Waals surface area contributed by atoms with Crippen LogP contribution in [0.1, 0.15) is 34.9 Å². The number of hydrogen-bond acceptors (Lipinski definition) is 3. The molecule has 2 atom stereocenters. The van der Waals surface area contributed by atoms with Gasteiger partial charge in [0, 0.05) is 44.6 Å². The molecule has 3 rings (SSSR count). The van der Waals surface area contributed by atoms with E-state index < -0.39 is 0 Å². The van der Waals surface area contributed by atoms with Crippen molar-refractivity contribution in [2.45, 2.75) is 32.3 Å². The maximum Gasteiger partial charge on any atom is 0.193 e. The van der Waals surface area contributed by atoms with Gasteiger partial charge in [0.25, 0.3) is 0 Å². The summed E-state index contributed by atoms with van der Waals surface area (Å²) in [5.74, 6) is 1.42. The summed E-state index contributed by atoms with van der Waals surface area (Å²) in [5.41, 5.74) is 2.57. The summed E-state index contributed by atoms with van der Waals surface area (Å²) in [6.07, 6.45) is 3.53. The van der Waals surface area contributed by atoms with Crippen LogP contribution >= 0.6 is 11.3 Å². The molecule has 2 heterocycles. The molecule has 1 saturated heterocycles. The summed E-state index contributed by atoms with van der Waals surface area (Å²) in [7, 11) is 3.97. The van der Waals surface area contributed by atoms with Crippen LogP contribution in [0.2, 0.25) is 0 Å². The fourth-order valence-electron chi connectivity index (χ4n) is 3.62. The zero-order valence-electron chi connectivity index (χ0n) is 16.6. The van der Waals surface area contributed by atoms with E-state index in [0.717, 1.165) is 38.5 Å². The molecule has 1 aromatic heterocycles. The number of likely N-dealkylation sites (N-methyl/N-ethyl adjacent to an activating group) is 1. The zero-order valence-corrected chi connectivity index (χ0v) is 17.5. The fourth-order valence-corrected chi connectivity index (χ4v) is 4.32. The van der Waals surface area contributed by atoms with Crippen LogP contribution in [0, 0.1) is 12.8 Å². The molecule has 2 unspecified atom stereocenters. The van der Waals surface area contributed by atoms with E-state index in [1.54, 1.807) is 0 Å². The van der Waals surface area contributed by atoms with Crippen LogP contribution in [0.25, 0.3) is 0 Å². The van der Waals surface area contributed by atoms with Crippen molar-refractivity contribution in [1.29, 1.82) is 0 Å². The van der Waals surface area contributed by atoms with E-state index in [0.29, 0.717) is 5.92 Å². The Balaban J connectivity index is 1.56. The molecule has 2 aromatic rings. The molecule has 1 N–H and O–H groups in total. The van der Waals surface area contributed by atoms with Crippen molar-refractivity contribution < 1.29 is 4.74 Å². The maximum absolute atomic E-state index is 6.15. The molecule has 27 heavy (non-hydrogen) atoms. The Bertz CT molecular complexity index is 712. The van der Waals surface area contributed by atoms with Crippen LogP contribution in [0.5, 0.6) is 0 Å². The van der Waals surface area contributed by atoms with E-state index in [-0.39, 0.29) is 6.10 Å². The first-order chi connectivity index (χ1) is 13.2. The van der Waals surface area contributed by atoms with E-state index >= 15 is 0 Å². The summed E-state index contributed by atoms with van der Waals surface area (Å²) in [4.78, 5) is 8.10. The largest absolute Gasteiger partial charge is 0.373 e. The lowest BCUT2D eigenvalue weighted by molar-refractivity contribution is -0.0266. The summed E-state index contributed by atoms with van der Waals surface area (Å²) < 4.78 is 6.15. The highest BCUT2D eigenvalue weighted by molar-refractivity contribution is 7.09. The SMILES string of the molecule is CN=C(NCC1CCCOC1c1ccc(C)cc1)N(C)CCc1cccs1. The number of nitrogens with one attached hydrogen (secondary N) is 1. The second kappa shape index (κ2) is 9.90. The Kier molecular flexibility index (Phi) is 7.30. The summed E-state index contributed by atoms with van der Waals surface area (Å²) in [5, 5.41) is 5.72. The molecule has 1 fully saturated rings. The van der Waals surface area contributed by atoms with E-state index in [9.17, 15) is 0 Å². The van der Waals surface area contributed by atoms with Gasteiger partial charge >= 0.3 is 0 Å². The molecule has 0 spiro atoms. The van der Waals surface area contributed by atoms with Gasteiger partial charge in [0.15, 0.2) is 5.96 Å². The lowest BCUT2D eigenvalue weighted by atomic mass is 9.89. The quantitative estimate of drug-likeness (QED) is 0.596. The fraction of sp³-hybridized carbons (Fsp3) is 0.500. The van der Waals surface area contributed by atoms with Gasteiger partial charge in [0.1, 0.15) is 0 Å². The lowest BCUT2D eigenvalue weighted by Gasteiger charge is -2.33. The van der Waals surface area contributed by atoms with Gasteiger partial charge < -0.3 is 15.0 Å². The first-order valence-electron chi connectivity index (χ1n) is 9.79. The zero-order chi connectivity index (χ0) is 19.1. The van der Waals surface area contributed by atoms with E-state index in [1.165, 1.54) is 22.4 Å². The minimum atomic E-state index is 0.168. The Morgan fingerprint density at radius 1 is 1.30 bits per heavy atom. The number of ether oxygens (including phenoxy) is 1. The normalized spacial score (nSPS) is 20.5. The van der Waals surface area contributed by atoms with Gasteiger partial charge in [-0.25, -0.2) is 0 Å². The minimum absolute atomic E-state index is 0.168. The molecule has 0 saturated carbocycles. The van der Waals surface area contributed by atoms with Gasteiger partial charge in [-0.3, -0.25) is 4.99 Å². The van der Waals surface area contributed by atoms with Gasteiger partial charge in [-0.15, -0.1) is 11.3 Å². The van der Waals surface area contributed by atoms with Crippen molar-refractivity contribution in [2.24, 2.45) is 10.9 Å². The van der Waals surface area contributed by atoms with Crippen LogP contribution < -0.4 is 5.32 Å². The van der Waals surface area contributed by atoms with Crippen LogP contribution in [-0.4, -0.2) is 44.7 Å². The number of nitrogens with zero attached hydrogens (tertiary/aromatic N) is 2. The van der Waals surface area contributed by atoms with E-state index in [4.69, 9.17) is 4.74 Å². The predicted molar refractivity (Wildman–Crippen MR) is 115 cm³/mol. The highest BCUT2D eigenvalue weighted by Gasteiger charge is 2.27. The standard InChI is InChI=1S/C22H31N3OS/c1-17-8-10-18(11-9-17)21-19(6-4-14-26-21)16-24-22(23-2)25(3)13-12-20-7-5-15-27-20/h5,7-11,15,19,21H,4,6,12-14,16H2,1-3H3,(H,23,24). The Hall–Kier alpha value is -1.85. The van der Waals surface area contributed by atoms with Crippen LogP contribution in [0.3, 0.4) is 0 Å². The van der Waals surface area contributed by atoms with Gasteiger partial charge in [-0.05, 0) is 43.2 Å². The Morgan fingerprint density at radius 2 is 2.11 bits per heavy atom. The smallest absolute Gasteiger partial charge is 0.193 e. The van der Waals surface area contributed by atoms with Crippen LogP contribution in [0.15, 0.2) is 46.8 Å². The van der Waals surface area contributed by atoms with Gasteiger partial charge in [-0.1, -0.05) is 35.9 Å². The van der Waals surface area contributed by atoms with Crippen LogP contribution in [-0.2, 0) is 11.2 Å². The number of aryl methyl sites for hydroxylation is 1. The summed E-state index contributed by atoms with van der Waals surface area (Å²) in [6.45, 7) is 4.82.